The molecular weight excluding hydrogens is 402 g/mol. The summed E-state index contributed by atoms with van der Waals surface area (Å²) in [5.41, 5.74) is 0.149. The maximum absolute atomic E-state index is 12.8. The van der Waals surface area contributed by atoms with E-state index in [0.717, 1.165) is 24.2 Å². The summed E-state index contributed by atoms with van der Waals surface area (Å²) in [5.74, 6) is 1.39. The molecule has 1 saturated carbocycles. The van der Waals surface area contributed by atoms with Crippen molar-refractivity contribution in [2.75, 3.05) is 18.8 Å². The van der Waals surface area contributed by atoms with E-state index in [1.807, 2.05) is 6.07 Å². The van der Waals surface area contributed by atoms with Gasteiger partial charge in [0.1, 0.15) is 17.1 Å². The Morgan fingerprint density at radius 2 is 1.90 bits per heavy atom. The largest absolute Gasteiger partial charge is 0.508 e. The van der Waals surface area contributed by atoms with Gasteiger partial charge in [-0.25, -0.2) is 12.7 Å². The normalized spacial score (nSPS) is 22.8. The topological polar surface area (TPSA) is 99.1 Å². The number of phenols is 1. The van der Waals surface area contributed by atoms with Crippen LogP contribution in [-0.2, 0) is 21.2 Å². The predicted octanol–water partition coefficient (Wildman–Crippen LogP) is 2.60. The van der Waals surface area contributed by atoms with E-state index in [9.17, 15) is 18.3 Å². The van der Waals surface area contributed by atoms with Crippen LogP contribution >= 0.6 is 0 Å². The lowest BCUT2D eigenvalue weighted by Crippen LogP contribution is -2.50. The number of carbonyl (C=O) groups excluding carboxylic acids is 1. The number of amidine groups is 1. The maximum atomic E-state index is 12.8. The zero-order valence-electron chi connectivity index (χ0n) is 17.3. The van der Waals surface area contributed by atoms with Crippen molar-refractivity contribution >= 4 is 21.8 Å². The number of nitrogens with zero attached hydrogens (tertiary/aromatic N) is 2. The van der Waals surface area contributed by atoms with E-state index in [-0.39, 0.29) is 17.4 Å². The Kier molecular flexibility index (Phi) is 6.16. The Labute approximate surface area is 178 Å². The van der Waals surface area contributed by atoms with Crippen LogP contribution < -0.4 is 5.32 Å². The number of aryl methyl sites for hydroxylation is 1. The van der Waals surface area contributed by atoms with Crippen molar-refractivity contribution in [3.8, 4) is 5.75 Å². The molecule has 0 radical (unpaired) electrons. The number of phenolic OH excluding ortho intramolecular Hbond substituents is 1. The van der Waals surface area contributed by atoms with E-state index in [4.69, 9.17) is 4.99 Å². The van der Waals surface area contributed by atoms with Crippen molar-refractivity contribution in [1.29, 1.82) is 0 Å². The summed E-state index contributed by atoms with van der Waals surface area (Å²) in [6, 6.07) is 6.92. The predicted molar refractivity (Wildman–Crippen MR) is 116 cm³/mol. The Hall–Kier alpha value is -1.93. The summed E-state index contributed by atoms with van der Waals surface area (Å²) >= 11 is 0. The van der Waals surface area contributed by atoms with Crippen molar-refractivity contribution in [3.63, 3.8) is 0 Å². The van der Waals surface area contributed by atoms with Crippen molar-refractivity contribution in [2.24, 2.45) is 10.9 Å². The molecule has 1 aromatic carbocycles. The molecule has 164 valence electrons. The molecule has 0 bridgehead atoms. The highest BCUT2D eigenvalue weighted by atomic mass is 32.2. The summed E-state index contributed by atoms with van der Waals surface area (Å²) in [6.45, 7) is 0.673. The summed E-state index contributed by atoms with van der Waals surface area (Å²) < 4.78 is 27.1. The lowest BCUT2D eigenvalue weighted by atomic mass is 9.88. The number of amides is 1. The van der Waals surface area contributed by atoms with Gasteiger partial charge in [0.15, 0.2) is 0 Å². The van der Waals surface area contributed by atoms with E-state index in [2.05, 4.69) is 5.32 Å². The molecule has 2 fully saturated rings. The van der Waals surface area contributed by atoms with Crippen LogP contribution in [0.25, 0.3) is 0 Å². The minimum absolute atomic E-state index is 0.0518. The van der Waals surface area contributed by atoms with Crippen LogP contribution in [0.4, 0.5) is 0 Å². The van der Waals surface area contributed by atoms with Crippen molar-refractivity contribution in [3.05, 3.63) is 29.8 Å². The van der Waals surface area contributed by atoms with Gasteiger partial charge in [-0.05, 0) is 56.2 Å². The molecule has 1 amide bonds. The fourth-order valence-corrected chi connectivity index (χ4v) is 6.39. The van der Waals surface area contributed by atoms with E-state index in [0.29, 0.717) is 44.7 Å². The number of nitrogens with one attached hydrogen (secondary N) is 1. The molecule has 3 aliphatic rings. The van der Waals surface area contributed by atoms with Gasteiger partial charge in [0, 0.05) is 19.0 Å². The number of sulfonamides is 1. The van der Waals surface area contributed by atoms with Gasteiger partial charge in [0.05, 0.1) is 5.75 Å². The zero-order valence-corrected chi connectivity index (χ0v) is 18.2. The van der Waals surface area contributed by atoms with Gasteiger partial charge in [-0.15, -0.1) is 0 Å². The number of carbonyl (C=O) groups is 1. The van der Waals surface area contributed by atoms with E-state index < -0.39 is 15.6 Å². The molecule has 30 heavy (non-hydrogen) atoms. The highest BCUT2D eigenvalue weighted by Crippen LogP contribution is 2.34. The smallest absolute Gasteiger partial charge is 0.253 e. The van der Waals surface area contributed by atoms with Gasteiger partial charge in [-0.3, -0.25) is 9.79 Å². The van der Waals surface area contributed by atoms with E-state index in [1.165, 1.54) is 23.6 Å². The molecule has 0 atom stereocenters. The van der Waals surface area contributed by atoms with Crippen LogP contribution in [0.3, 0.4) is 0 Å². The number of aromatic hydroxyl groups is 1. The Morgan fingerprint density at radius 1 is 1.17 bits per heavy atom. The van der Waals surface area contributed by atoms with Crippen molar-refractivity contribution in [1.82, 2.24) is 9.62 Å². The van der Waals surface area contributed by atoms with Crippen molar-refractivity contribution < 1.29 is 18.3 Å². The quantitative estimate of drug-likeness (QED) is 0.720. The Balaban J connectivity index is 1.33. The fraction of sp³-hybridized carbons (Fsp3) is 0.636. The lowest BCUT2D eigenvalue weighted by Gasteiger charge is -2.34. The van der Waals surface area contributed by atoms with Crippen LogP contribution in [0.5, 0.6) is 5.75 Å². The van der Waals surface area contributed by atoms with Crippen LogP contribution in [0.2, 0.25) is 0 Å². The molecule has 2 heterocycles. The molecule has 4 rings (SSSR count). The molecule has 0 unspecified atom stereocenters. The van der Waals surface area contributed by atoms with Gasteiger partial charge < -0.3 is 10.4 Å². The summed E-state index contributed by atoms with van der Waals surface area (Å²) in [7, 11) is -3.37. The average Bonchev–Trinajstić information content (AvgIpc) is 3.05. The minimum Gasteiger partial charge on any atom is -0.508 e. The molecule has 1 spiro atoms. The van der Waals surface area contributed by atoms with Gasteiger partial charge in [0.25, 0.3) is 5.91 Å². The second kappa shape index (κ2) is 8.67. The monoisotopic (exact) mass is 433 g/mol. The number of piperidine rings is 1. The van der Waals surface area contributed by atoms with Gasteiger partial charge in [0.2, 0.25) is 10.0 Å². The second-order valence-corrected chi connectivity index (χ2v) is 10.9. The van der Waals surface area contributed by atoms with Crippen LogP contribution in [-0.4, -0.2) is 54.0 Å². The molecule has 7 nitrogen and oxygen atoms in total. The van der Waals surface area contributed by atoms with Crippen LogP contribution in [0.1, 0.15) is 56.9 Å². The highest BCUT2D eigenvalue weighted by Gasteiger charge is 2.48. The first-order chi connectivity index (χ1) is 14.4. The molecule has 2 aliphatic heterocycles. The third-order valence-electron chi connectivity index (χ3n) is 6.71. The average molecular weight is 434 g/mol. The second-order valence-electron chi connectivity index (χ2n) is 8.81. The number of aliphatic imine (C=N–C) groups is 1. The van der Waals surface area contributed by atoms with Gasteiger partial charge in [-0.1, -0.05) is 31.4 Å². The fourth-order valence-electron chi connectivity index (χ4n) is 4.88. The first-order valence-corrected chi connectivity index (χ1v) is 12.7. The Bertz CT molecular complexity index is 914. The molecule has 1 aliphatic carbocycles. The molecule has 1 saturated heterocycles. The molecule has 0 aromatic heterocycles. The maximum Gasteiger partial charge on any atom is 0.253 e. The highest BCUT2D eigenvalue weighted by molar-refractivity contribution is 7.89. The summed E-state index contributed by atoms with van der Waals surface area (Å²) in [5, 5.41) is 12.5. The number of rotatable bonds is 6. The number of hydrogen-bond donors (Lipinski definition) is 2. The lowest BCUT2D eigenvalue weighted by molar-refractivity contribution is -0.125. The molecule has 2 N–H and O–H groups in total. The zero-order chi connectivity index (χ0) is 21.2. The first kappa shape index (κ1) is 21.3. The van der Waals surface area contributed by atoms with Gasteiger partial charge in [-0.2, -0.15) is 0 Å². The number of benzene rings is 1. The van der Waals surface area contributed by atoms with Crippen LogP contribution in [0, 0.1) is 5.92 Å². The molecular formula is C22H31N3O4S. The van der Waals surface area contributed by atoms with Gasteiger partial charge >= 0.3 is 0 Å². The minimum atomic E-state index is -3.37. The van der Waals surface area contributed by atoms with Crippen LogP contribution in [0.15, 0.2) is 29.3 Å². The molecule has 8 heteroatoms. The molecule has 1 aromatic rings. The van der Waals surface area contributed by atoms with Crippen molar-refractivity contribution in [2.45, 2.75) is 63.3 Å². The third kappa shape index (κ3) is 4.54. The van der Waals surface area contributed by atoms with E-state index >= 15 is 0 Å². The summed E-state index contributed by atoms with van der Waals surface area (Å²) in [6.07, 6.45) is 7.76. The SMILES string of the molecule is O=C1NC(C2CCCCC2)=NC12CCN(S(=O)(=O)CCCc1cccc(O)c1)CC2. The first-order valence-electron chi connectivity index (χ1n) is 11.0. The van der Waals surface area contributed by atoms with E-state index in [1.54, 1.807) is 18.2 Å². The standard InChI is InChI=1S/C22H31N3O4S/c26-19-10-4-6-17(16-19)7-5-15-30(28,29)25-13-11-22(12-14-25)21(27)23-20(24-22)18-8-2-1-3-9-18/h4,6,10,16,18,26H,1-3,5,7-9,11-15H2,(H,23,24,27). The summed E-state index contributed by atoms with van der Waals surface area (Å²) in [4.78, 5) is 17.5. The number of hydrogen-bond acceptors (Lipinski definition) is 5. The Morgan fingerprint density at radius 3 is 2.60 bits per heavy atom. The third-order valence-corrected chi connectivity index (χ3v) is 8.67.